The van der Waals surface area contributed by atoms with Crippen LogP contribution in [0.15, 0.2) is 52.5 Å². The number of oxime groups is 1. The predicted molar refractivity (Wildman–Crippen MR) is 115 cm³/mol. The van der Waals surface area contributed by atoms with Crippen LogP contribution in [0.1, 0.15) is 43.9 Å². The second-order valence-corrected chi connectivity index (χ2v) is 9.36. The molecule has 29 heavy (non-hydrogen) atoms. The van der Waals surface area contributed by atoms with E-state index in [1.54, 1.807) is 24.3 Å². The number of benzene rings is 1. The number of piperidine rings is 1. The Bertz CT molecular complexity index is 936. The highest BCUT2D eigenvalue weighted by Gasteiger charge is 2.28. The Morgan fingerprint density at radius 1 is 1.14 bits per heavy atom. The Kier molecular flexibility index (Phi) is 7.64. The maximum absolute atomic E-state index is 12.9. The molecule has 8 heteroatoms. The standard InChI is InChI=1S/C21H26ClN3O3S/c1-2-3-5-17-8-10-20(11-9-17)29(26,27)25-14-12-18(13-15-25)24-28-16-19-6-4-7-21(22)23-19/h4,6-11H,2-3,5,12-16H2,1H3. The lowest BCUT2D eigenvalue weighted by Crippen LogP contribution is -2.38. The van der Waals surface area contributed by atoms with E-state index in [2.05, 4.69) is 17.1 Å². The molecule has 1 aliphatic heterocycles. The van der Waals surface area contributed by atoms with Crippen LogP contribution in [0.5, 0.6) is 0 Å². The summed E-state index contributed by atoms with van der Waals surface area (Å²) in [6.45, 7) is 3.18. The zero-order valence-electron chi connectivity index (χ0n) is 16.6. The van der Waals surface area contributed by atoms with Crippen LogP contribution in [0.3, 0.4) is 0 Å². The van der Waals surface area contributed by atoms with Crippen molar-refractivity contribution >= 4 is 27.3 Å². The van der Waals surface area contributed by atoms with Crippen molar-refractivity contribution in [1.29, 1.82) is 0 Å². The molecule has 2 aromatic rings. The normalized spacial score (nSPS) is 15.3. The van der Waals surface area contributed by atoms with Crippen molar-refractivity contribution in [3.8, 4) is 0 Å². The monoisotopic (exact) mass is 435 g/mol. The van der Waals surface area contributed by atoms with Crippen molar-refractivity contribution in [3.63, 3.8) is 0 Å². The second kappa shape index (κ2) is 10.2. The number of halogens is 1. The van der Waals surface area contributed by atoms with Gasteiger partial charge in [-0.3, -0.25) is 0 Å². The van der Waals surface area contributed by atoms with Crippen molar-refractivity contribution in [1.82, 2.24) is 9.29 Å². The van der Waals surface area contributed by atoms with Gasteiger partial charge in [-0.25, -0.2) is 13.4 Å². The van der Waals surface area contributed by atoms with Gasteiger partial charge in [-0.2, -0.15) is 4.31 Å². The maximum Gasteiger partial charge on any atom is 0.243 e. The van der Waals surface area contributed by atoms with Crippen LogP contribution >= 0.6 is 11.6 Å². The number of sulfonamides is 1. The zero-order chi connectivity index (χ0) is 20.7. The molecule has 0 bridgehead atoms. The second-order valence-electron chi connectivity index (χ2n) is 7.03. The molecule has 0 atom stereocenters. The molecule has 0 radical (unpaired) electrons. The first-order chi connectivity index (χ1) is 14.0. The fourth-order valence-electron chi connectivity index (χ4n) is 3.15. The summed E-state index contributed by atoms with van der Waals surface area (Å²) >= 11 is 5.85. The smallest absolute Gasteiger partial charge is 0.243 e. The Morgan fingerprint density at radius 2 is 1.86 bits per heavy atom. The van der Waals surface area contributed by atoms with Crippen LogP contribution in [0, 0.1) is 0 Å². The molecule has 2 heterocycles. The van der Waals surface area contributed by atoms with Gasteiger partial charge in [-0.1, -0.05) is 48.3 Å². The van der Waals surface area contributed by atoms with E-state index < -0.39 is 10.0 Å². The number of unbranched alkanes of at least 4 members (excludes halogenated alkanes) is 1. The van der Waals surface area contributed by atoms with Gasteiger partial charge in [0.25, 0.3) is 0 Å². The van der Waals surface area contributed by atoms with Crippen molar-refractivity contribution in [2.75, 3.05) is 13.1 Å². The molecule has 1 aromatic carbocycles. The quantitative estimate of drug-likeness (QED) is 0.454. The summed E-state index contributed by atoms with van der Waals surface area (Å²) < 4.78 is 27.3. The van der Waals surface area contributed by atoms with E-state index in [-0.39, 0.29) is 6.61 Å². The van der Waals surface area contributed by atoms with E-state index in [0.29, 0.717) is 41.7 Å². The largest absolute Gasteiger partial charge is 0.389 e. The lowest BCUT2D eigenvalue weighted by Gasteiger charge is -2.26. The molecule has 3 rings (SSSR count). The van der Waals surface area contributed by atoms with Gasteiger partial charge in [0.15, 0.2) is 6.61 Å². The molecule has 0 saturated carbocycles. The molecule has 1 saturated heterocycles. The minimum absolute atomic E-state index is 0.233. The first-order valence-corrected chi connectivity index (χ1v) is 11.7. The van der Waals surface area contributed by atoms with E-state index in [4.69, 9.17) is 16.4 Å². The maximum atomic E-state index is 12.9. The van der Waals surface area contributed by atoms with Gasteiger partial charge in [0.2, 0.25) is 10.0 Å². The Labute approximate surface area is 177 Å². The SMILES string of the molecule is CCCCc1ccc(S(=O)(=O)N2CCC(=NOCc3cccc(Cl)n3)CC2)cc1. The van der Waals surface area contributed by atoms with Crippen molar-refractivity contribution in [3.05, 3.63) is 58.9 Å². The third-order valence-corrected chi connectivity index (χ3v) is 6.98. The summed E-state index contributed by atoms with van der Waals surface area (Å²) in [6.07, 6.45) is 4.31. The highest BCUT2D eigenvalue weighted by molar-refractivity contribution is 7.89. The zero-order valence-corrected chi connectivity index (χ0v) is 18.1. The summed E-state index contributed by atoms with van der Waals surface area (Å²) in [6, 6.07) is 12.6. The molecule has 1 aliphatic rings. The van der Waals surface area contributed by atoms with E-state index in [1.165, 1.54) is 9.87 Å². The van der Waals surface area contributed by atoms with Crippen molar-refractivity contribution in [2.45, 2.75) is 50.5 Å². The van der Waals surface area contributed by atoms with Crippen LogP contribution in [0.2, 0.25) is 5.15 Å². The molecule has 0 aliphatic carbocycles. The summed E-state index contributed by atoms with van der Waals surface area (Å²) in [7, 11) is -3.48. The molecular weight excluding hydrogens is 410 g/mol. The summed E-state index contributed by atoms with van der Waals surface area (Å²) in [4.78, 5) is 9.85. The van der Waals surface area contributed by atoms with Gasteiger partial charge in [-0.05, 0) is 42.7 Å². The average Bonchev–Trinajstić information content (AvgIpc) is 2.73. The molecule has 0 spiro atoms. The Morgan fingerprint density at radius 3 is 2.52 bits per heavy atom. The predicted octanol–water partition coefficient (Wildman–Crippen LogP) is 4.43. The summed E-state index contributed by atoms with van der Waals surface area (Å²) in [5, 5.41) is 4.56. The first-order valence-electron chi connectivity index (χ1n) is 9.87. The minimum Gasteiger partial charge on any atom is -0.389 e. The van der Waals surface area contributed by atoms with Crippen LogP contribution in [-0.4, -0.2) is 36.5 Å². The van der Waals surface area contributed by atoms with E-state index >= 15 is 0 Å². The van der Waals surface area contributed by atoms with Crippen LogP contribution < -0.4 is 0 Å². The first kappa shape index (κ1) is 21.7. The van der Waals surface area contributed by atoms with Crippen molar-refractivity contribution < 1.29 is 13.3 Å². The summed E-state index contributed by atoms with van der Waals surface area (Å²) in [5.41, 5.74) is 2.72. The third kappa shape index (κ3) is 6.01. The number of hydrogen-bond acceptors (Lipinski definition) is 5. The lowest BCUT2D eigenvalue weighted by atomic mass is 10.1. The molecule has 6 nitrogen and oxygen atoms in total. The Hall–Kier alpha value is -1.96. The van der Waals surface area contributed by atoms with Crippen LogP contribution in [0.4, 0.5) is 0 Å². The molecular formula is C21H26ClN3O3S. The molecule has 1 fully saturated rings. The van der Waals surface area contributed by atoms with Gasteiger partial charge in [0.1, 0.15) is 5.15 Å². The fourth-order valence-corrected chi connectivity index (χ4v) is 4.78. The molecule has 156 valence electrons. The van der Waals surface area contributed by atoms with Gasteiger partial charge in [0, 0.05) is 25.9 Å². The summed E-state index contributed by atoms with van der Waals surface area (Å²) in [5.74, 6) is 0. The van der Waals surface area contributed by atoms with E-state index in [9.17, 15) is 8.42 Å². The molecule has 0 amide bonds. The minimum atomic E-state index is -3.48. The van der Waals surface area contributed by atoms with E-state index in [1.807, 2.05) is 18.2 Å². The topological polar surface area (TPSA) is 71.9 Å². The number of hydrogen-bond donors (Lipinski definition) is 0. The third-order valence-electron chi connectivity index (χ3n) is 4.86. The number of aryl methyl sites for hydroxylation is 1. The number of pyridine rings is 1. The molecule has 1 aromatic heterocycles. The van der Waals surface area contributed by atoms with Crippen LogP contribution in [-0.2, 0) is 27.9 Å². The molecule has 0 unspecified atom stereocenters. The highest BCUT2D eigenvalue weighted by atomic mass is 35.5. The van der Waals surface area contributed by atoms with Gasteiger partial charge >= 0.3 is 0 Å². The van der Waals surface area contributed by atoms with Gasteiger partial charge < -0.3 is 4.84 Å². The van der Waals surface area contributed by atoms with Crippen molar-refractivity contribution in [2.24, 2.45) is 5.16 Å². The molecule has 0 N–H and O–H groups in total. The average molecular weight is 436 g/mol. The fraction of sp³-hybridized carbons (Fsp3) is 0.429. The highest BCUT2D eigenvalue weighted by Crippen LogP contribution is 2.21. The number of aromatic nitrogens is 1. The van der Waals surface area contributed by atoms with E-state index in [0.717, 1.165) is 25.0 Å². The lowest BCUT2D eigenvalue weighted by molar-refractivity contribution is 0.125. The number of rotatable bonds is 8. The van der Waals surface area contributed by atoms with Crippen LogP contribution in [0.25, 0.3) is 0 Å². The Balaban J connectivity index is 1.53. The van der Waals surface area contributed by atoms with Gasteiger partial charge in [0.05, 0.1) is 16.3 Å². The van der Waals surface area contributed by atoms with Gasteiger partial charge in [-0.15, -0.1) is 0 Å². The number of nitrogens with zero attached hydrogens (tertiary/aromatic N) is 3.